The van der Waals surface area contributed by atoms with Gasteiger partial charge >= 0.3 is 0 Å². The van der Waals surface area contributed by atoms with Gasteiger partial charge in [0, 0.05) is 26.2 Å². The zero-order valence-corrected chi connectivity index (χ0v) is 21.1. The molecule has 2 heterocycles. The maximum absolute atomic E-state index is 6.21. The molecule has 0 aliphatic rings. The predicted molar refractivity (Wildman–Crippen MR) is 146 cm³/mol. The summed E-state index contributed by atoms with van der Waals surface area (Å²) in [5.74, 6) is 1.65. The Morgan fingerprint density at radius 2 is 1.31 bits per heavy atom. The second kappa shape index (κ2) is 8.84. The number of hydrogen-bond donors (Lipinski definition) is 0. The molecule has 0 fully saturated rings. The molecule has 0 aliphatic heterocycles. The van der Waals surface area contributed by atoms with E-state index < -0.39 is 0 Å². The Labute approximate surface area is 215 Å². The number of nitrogens with zero attached hydrogens (tertiary/aromatic N) is 3. The highest BCUT2D eigenvalue weighted by Gasteiger charge is 2.22. The topological polar surface area (TPSA) is 39.4 Å². The molecular weight excluding hydrogens is 522 g/mol. The second-order valence-electron chi connectivity index (χ2n) is 8.16. The normalized spacial score (nSPS) is 11.3. The zero-order valence-electron chi connectivity index (χ0n) is 18.7. The number of aromatic nitrogens is 3. The molecule has 0 N–H and O–H groups in total. The molecule has 170 valence electrons. The Kier molecular flexibility index (Phi) is 5.51. The minimum atomic E-state index is 0.685. The van der Waals surface area contributed by atoms with Gasteiger partial charge in [0.1, 0.15) is 17.1 Å². The number of rotatable bonds is 4. The number of hydrogen-bond acceptors (Lipinski definition) is 3. The Morgan fingerprint density at radius 3 is 2.00 bits per heavy atom. The molecule has 6 heteroatoms. The SMILES string of the molecule is COc1ccc(-c2nc3ccccc3n3c(-c4ccc(Br)cc4)nc(-c4ccc(Cl)cc4)c23)cc1. The summed E-state index contributed by atoms with van der Waals surface area (Å²) in [6.45, 7) is 0. The number of imidazole rings is 1. The van der Waals surface area contributed by atoms with E-state index in [2.05, 4.69) is 38.5 Å². The Bertz CT molecular complexity index is 1680. The molecule has 4 aromatic carbocycles. The van der Waals surface area contributed by atoms with Crippen molar-refractivity contribution in [3.05, 3.63) is 107 Å². The van der Waals surface area contributed by atoms with Gasteiger partial charge in [-0.2, -0.15) is 0 Å². The van der Waals surface area contributed by atoms with Crippen molar-refractivity contribution < 1.29 is 4.74 Å². The van der Waals surface area contributed by atoms with E-state index in [4.69, 9.17) is 26.3 Å². The van der Waals surface area contributed by atoms with E-state index in [-0.39, 0.29) is 0 Å². The van der Waals surface area contributed by atoms with Gasteiger partial charge in [-0.15, -0.1) is 0 Å². The molecule has 0 unspecified atom stereocenters. The summed E-state index contributed by atoms with van der Waals surface area (Å²) in [6, 6.07) is 32.2. The van der Waals surface area contributed by atoms with E-state index >= 15 is 0 Å². The third-order valence-corrected chi connectivity index (χ3v) is 6.82. The summed E-state index contributed by atoms with van der Waals surface area (Å²) in [6.07, 6.45) is 0. The van der Waals surface area contributed by atoms with Crippen molar-refractivity contribution in [1.82, 2.24) is 14.4 Å². The summed E-state index contributed by atoms with van der Waals surface area (Å²) in [5, 5.41) is 0.685. The molecule has 0 atom stereocenters. The van der Waals surface area contributed by atoms with E-state index in [9.17, 15) is 0 Å². The van der Waals surface area contributed by atoms with Crippen molar-refractivity contribution in [3.8, 4) is 39.7 Å². The maximum Gasteiger partial charge on any atom is 0.145 e. The fourth-order valence-corrected chi connectivity index (χ4v) is 4.74. The molecule has 0 bridgehead atoms. The number of fused-ring (bicyclic) bond motifs is 3. The van der Waals surface area contributed by atoms with Gasteiger partial charge in [-0.3, -0.25) is 4.40 Å². The van der Waals surface area contributed by atoms with Gasteiger partial charge in [0.25, 0.3) is 0 Å². The molecule has 6 rings (SSSR count). The van der Waals surface area contributed by atoms with Gasteiger partial charge in [0.05, 0.1) is 29.5 Å². The summed E-state index contributed by atoms with van der Waals surface area (Å²) < 4.78 is 8.62. The van der Waals surface area contributed by atoms with Crippen LogP contribution in [0.1, 0.15) is 0 Å². The van der Waals surface area contributed by atoms with Crippen LogP contribution in [0, 0.1) is 0 Å². The third-order valence-electron chi connectivity index (χ3n) is 6.04. The first-order chi connectivity index (χ1) is 17.1. The van der Waals surface area contributed by atoms with Crippen molar-refractivity contribution in [2.75, 3.05) is 7.11 Å². The first-order valence-electron chi connectivity index (χ1n) is 11.1. The molecule has 35 heavy (non-hydrogen) atoms. The van der Waals surface area contributed by atoms with E-state index in [1.165, 1.54) is 0 Å². The fourth-order valence-electron chi connectivity index (χ4n) is 4.35. The van der Waals surface area contributed by atoms with Gasteiger partial charge in [0.15, 0.2) is 0 Å². The zero-order chi connectivity index (χ0) is 23.9. The van der Waals surface area contributed by atoms with Crippen LogP contribution >= 0.6 is 27.5 Å². The average molecular weight is 541 g/mol. The highest BCUT2D eigenvalue weighted by Crippen LogP contribution is 2.38. The number of para-hydroxylation sites is 2. The molecule has 0 saturated carbocycles. The average Bonchev–Trinajstić information content (AvgIpc) is 3.30. The lowest BCUT2D eigenvalue weighted by Crippen LogP contribution is -1.98. The van der Waals surface area contributed by atoms with Crippen LogP contribution in [0.4, 0.5) is 0 Å². The predicted octanol–water partition coefficient (Wildman–Crippen LogP) is 8.31. The van der Waals surface area contributed by atoms with E-state index in [0.29, 0.717) is 5.02 Å². The number of benzene rings is 4. The third kappa shape index (κ3) is 3.87. The highest BCUT2D eigenvalue weighted by atomic mass is 79.9. The van der Waals surface area contributed by atoms with Crippen molar-refractivity contribution >= 4 is 44.1 Å². The summed E-state index contributed by atoms with van der Waals surface area (Å²) >= 11 is 9.76. The van der Waals surface area contributed by atoms with Gasteiger partial charge in [-0.1, -0.05) is 63.9 Å². The van der Waals surface area contributed by atoms with Crippen LogP contribution < -0.4 is 4.74 Å². The first-order valence-corrected chi connectivity index (χ1v) is 12.3. The van der Waals surface area contributed by atoms with Crippen LogP contribution in [-0.2, 0) is 0 Å². The molecule has 0 spiro atoms. The van der Waals surface area contributed by atoms with Crippen LogP contribution in [0.3, 0.4) is 0 Å². The minimum Gasteiger partial charge on any atom is -0.497 e. The van der Waals surface area contributed by atoms with E-state index in [0.717, 1.165) is 60.7 Å². The minimum absolute atomic E-state index is 0.685. The Hall–Kier alpha value is -3.67. The fraction of sp³-hybridized carbons (Fsp3) is 0.0345. The summed E-state index contributed by atoms with van der Waals surface area (Å²) in [4.78, 5) is 10.3. The molecule has 6 aromatic rings. The van der Waals surface area contributed by atoms with Crippen molar-refractivity contribution in [2.24, 2.45) is 0 Å². The molecule has 4 nitrogen and oxygen atoms in total. The molecule has 0 aliphatic carbocycles. The van der Waals surface area contributed by atoms with Gasteiger partial charge in [-0.25, -0.2) is 9.97 Å². The standard InChI is InChI=1S/C29H19BrClN3O/c1-35-23-16-10-19(11-17-23)26-28-27(18-8-14-22(31)15-9-18)33-29(20-6-12-21(30)13-7-20)34(28)25-5-3-2-4-24(25)32-26/h2-17H,1H3. The largest absolute Gasteiger partial charge is 0.497 e. The second-order valence-corrected chi connectivity index (χ2v) is 9.51. The quantitative estimate of drug-likeness (QED) is 0.226. The maximum atomic E-state index is 6.21. The molecule has 0 amide bonds. The molecule has 0 saturated heterocycles. The van der Waals surface area contributed by atoms with Crippen LogP contribution in [0.2, 0.25) is 5.02 Å². The Balaban J connectivity index is 1.77. The Morgan fingerprint density at radius 1 is 0.714 bits per heavy atom. The summed E-state index contributed by atoms with van der Waals surface area (Å²) in [7, 11) is 1.67. The summed E-state index contributed by atoms with van der Waals surface area (Å²) in [5.41, 5.74) is 7.50. The van der Waals surface area contributed by atoms with Crippen molar-refractivity contribution in [3.63, 3.8) is 0 Å². The number of ether oxygens (including phenoxy) is 1. The van der Waals surface area contributed by atoms with Crippen LogP contribution in [0.25, 0.3) is 50.5 Å². The van der Waals surface area contributed by atoms with Crippen molar-refractivity contribution in [2.45, 2.75) is 0 Å². The van der Waals surface area contributed by atoms with Gasteiger partial charge < -0.3 is 4.74 Å². The number of halogens is 2. The molecular formula is C29H19BrClN3O. The molecule has 0 radical (unpaired) electrons. The van der Waals surface area contributed by atoms with Crippen LogP contribution in [0.15, 0.2) is 102 Å². The lowest BCUT2D eigenvalue weighted by atomic mass is 10.1. The lowest BCUT2D eigenvalue weighted by Gasteiger charge is -2.12. The first kappa shape index (κ1) is 21.8. The van der Waals surface area contributed by atoms with Gasteiger partial charge in [0.2, 0.25) is 0 Å². The lowest BCUT2D eigenvalue weighted by molar-refractivity contribution is 0.415. The van der Waals surface area contributed by atoms with Crippen LogP contribution in [0.5, 0.6) is 5.75 Å². The van der Waals surface area contributed by atoms with Gasteiger partial charge in [-0.05, 0) is 60.7 Å². The highest BCUT2D eigenvalue weighted by molar-refractivity contribution is 9.10. The molecule has 2 aromatic heterocycles. The van der Waals surface area contributed by atoms with E-state index in [1.807, 2.05) is 78.9 Å². The van der Waals surface area contributed by atoms with Crippen molar-refractivity contribution in [1.29, 1.82) is 0 Å². The van der Waals surface area contributed by atoms with E-state index in [1.54, 1.807) is 7.11 Å². The smallest absolute Gasteiger partial charge is 0.145 e. The van der Waals surface area contributed by atoms with Crippen LogP contribution in [-0.4, -0.2) is 21.5 Å². The number of methoxy groups -OCH3 is 1. The monoisotopic (exact) mass is 539 g/mol.